The molecule has 0 amide bonds. The van der Waals surface area contributed by atoms with Gasteiger partial charge in [0.15, 0.2) is 6.10 Å². The number of imidazole rings is 1. The zero-order chi connectivity index (χ0) is 36.8. The largest absolute Gasteiger partial charge is 0.509 e. The van der Waals surface area contributed by atoms with Crippen molar-refractivity contribution in [1.29, 1.82) is 5.41 Å². The summed E-state index contributed by atoms with van der Waals surface area (Å²) in [5.74, 6) is -0.949. The number of methoxy groups -OCH3 is 3. The number of hydrogen-bond donors (Lipinski definition) is 3. The Hall–Kier alpha value is -3.37. The molecule has 1 aromatic rings. The van der Waals surface area contributed by atoms with Crippen LogP contribution in [0.3, 0.4) is 0 Å². The molecule has 3 fully saturated rings. The average molecular weight is 725 g/mol. The predicted molar refractivity (Wildman–Crippen MR) is 178 cm³/mol. The summed E-state index contributed by atoms with van der Waals surface area (Å²) in [7, 11) is -0.320. The van der Waals surface area contributed by atoms with Crippen LogP contribution >= 0.6 is 7.67 Å². The van der Waals surface area contributed by atoms with Crippen molar-refractivity contribution in [3.8, 4) is 0 Å². The molecule has 5 rings (SSSR count). The lowest BCUT2D eigenvalue weighted by atomic mass is 9.97. The number of aromatic nitrogens is 2. The van der Waals surface area contributed by atoms with E-state index in [1.54, 1.807) is 13.3 Å². The van der Waals surface area contributed by atoms with Gasteiger partial charge >= 0.3 is 25.8 Å². The summed E-state index contributed by atoms with van der Waals surface area (Å²) < 4.78 is 56.2. The third kappa shape index (κ3) is 6.82. The van der Waals surface area contributed by atoms with Crippen molar-refractivity contribution < 1.29 is 51.9 Å². The number of nitrogens with zero attached hydrogens (tertiary/aromatic N) is 3. The first kappa shape index (κ1) is 37.9. The quantitative estimate of drug-likeness (QED) is 0.142. The molecule has 1 saturated carbocycles. The summed E-state index contributed by atoms with van der Waals surface area (Å²) in [4.78, 5) is 47.2. The highest BCUT2D eigenvalue weighted by Gasteiger charge is 2.92. The van der Waals surface area contributed by atoms with Gasteiger partial charge in [-0.15, -0.1) is 0 Å². The zero-order valence-corrected chi connectivity index (χ0v) is 30.9. The normalized spacial score (nSPS) is 30.8. The van der Waals surface area contributed by atoms with Gasteiger partial charge in [-0.3, -0.25) is 19.6 Å². The molecule has 4 heterocycles. The maximum atomic E-state index is 14.6. The van der Waals surface area contributed by atoms with E-state index in [4.69, 9.17) is 38.4 Å². The Labute approximate surface area is 291 Å². The first-order valence-electron chi connectivity index (χ1n) is 16.8. The van der Waals surface area contributed by atoms with E-state index in [0.29, 0.717) is 18.5 Å². The molecule has 50 heavy (non-hydrogen) atoms. The summed E-state index contributed by atoms with van der Waals surface area (Å²) in [6.07, 6.45) is 0.416. The van der Waals surface area contributed by atoms with Crippen molar-refractivity contribution in [2.75, 3.05) is 27.9 Å². The van der Waals surface area contributed by atoms with E-state index in [1.165, 1.54) is 21.3 Å². The Bertz CT molecular complexity index is 1540. The first-order valence-corrected chi connectivity index (χ1v) is 18.5. The lowest BCUT2D eigenvalue weighted by molar-refractivity contribution is -0.143. The Morgan fingerprint density at radius 3 is 2.24 bits per heavy atom. The van der Waals surface area contributed by atoms with Gasteiger partial charge in [0.05, 0.1) is 40.0 Å². The number of amidine groups is 1. The standard InChI is InChI=1S/C32H49N6O11P/c1-16(2)12-19(27(39)44-8)36-50(42,37-20(13-17(3)4)28(40)45-9)46-14-21-25-32(49-30(41)47-25)29(31(32,6)48-21)38-15-34-23-24(38)18(5)10-11-22(33)35-26(23)43-7/h15-21,25,29,33H,10-14H2,1-9H3,(H2,36,37,42). The minimum atomic E-state index is -4.25. The molecule has 2 saturated heterocycles. The van der Waals surface area contributed by atoms with E-state index in [2.05, 4.69) is 20.2 Å². The van der Waals surface area contributed by atoms with E-state index in [0.717, 1.165) is 5.69 Å². The third-order valence-corrected chi connectivity index (χ3v) is 11.5. The van der Waals surface area contributed by atoms with Gasteiger partial charge < -0.3 is 37.5 Å². The molecule has 1 aromatic heterocycles. The van der Waals surface area contributed by atoms with Gasteiger partial charge in [0, 0.05) is 6.42 Å². The van der Waals surface area contributed by atoms with Crippen molar-refractivity contribution >= 4 is 37.5 Å². The smallest absolute Gasteiger partial charge is 0.479 e. The first-order chi connectivity index (χ1) is 23.5. The second-order valence-corrected chi connectivity index (χ2v) is 16.1. The molecule has 278 valence electrons. The number of nitrogens with one attached hydrogen (secondary N) is 3. The number of hydrogen-bond acceptors (Lipinski definition) is 13. The summed E-state index contributed by atoms with van der Waals surface area (Å²) in [5, 5.41) is 13.8. The van der Waals surface area contributed by atoms with Crippen molar-refractivity contribution in [2.24, 2.45) is 16.8 Å². The number of rotatable bonds is 14. The van der Waals surface area contributed by atoms with Crippen LogP contribution in [0.15, 0.2) is 11.3 Å². The number of carbonyl (C=O) groups excluding carboxylic acids is 3. The molecule has 18 heteroatoms. The van der Waals surface area contributed by atoms with Gasteiger partial charge in [-0.25, -0.2) is 20.0 Å². The fraction of sp³-hybridized carbons (Fsp3) is 0.750. The highest BCUT2D eigenvalue weighted by molar-refractivity contribution is 7.54. The molecule has 0 bridgehead atoms. The van der Waals surface area contributed by atoms with Crippen LogP contribution in [-0.2, 0) is 47.1 Å². The second kappa shape index (κ2) is 14.3. The summed E-state index contributed by atoms with van der Waals surface area (Å²) in [6.45, 7) is 11.0. The Balaban J connectivity index is 1.44. The molecule has 8 unspecified atom stereocenters. The molecule has 4 aliphatic rings. The molecule has 0 aromatic carbocycles. The molecule has 8 atom stereocenters. The van der Waals surface area contributed by atoms with Crippen LogP contribution in [0.5, 0.6) is 0 Å². The lowest BCUT2D eigenvalue weighted by Gasteiger charge is -2.31. The van der Waals surface area contributed by atoms with E-state index in [1.807, 2.05) is 39.2 Å². The van der Waals surface area contributed by atoms with Gasteiger partial charge in [-0.05, 0) is 43.9 Å². The summed E-state index contributed by atoms with van der Waals surface area (Å²) in [5.41, 5.74) is -1.09. The average Bonchev–Trinajstić information content (AvgIpc) is 3.42. The van der Waals surface area contributed by atoms with Gasteiger partial charge in [-0.2, -0.15) is 4.99 Å². The van der Waals surface area contributed by atoms with E-state index in [-0.39, 0.29) is 48.9 Å². The fourth-order valence-corrected chi connectivity index (χ4v) is 9.30. The Kier molecular flexibility index (Phi) is 10.9. The van der Waals surface area contributed by atoms with Gasteiger partial charge in [-0.1, -0.05) is 34.6 Å². The molecular weight excluding hydrogens is 675 g/mol. The summed E-state index contributed by atoms with van der Waals surface area (Å²) >= 11 is 0. The topological polar surface area (TPSA) is 211 Å². The predicted octanol–water partition coefficient (Wildman–Crippen LogP) is 3.62. The van der Waals surface area contributed by atoms with Crippen LogP contribution in [-0.4, -0.2) is 103 Å². The highest BCUT2D eigenvalue weighted by Crippen LogP contribution is 2.72. The van der Waals surface area contributed by atoms with Crippen LogP contribution < -0.4 is 10.2 Å². The molecule has 0 radical (unpaired) electrons. The number of esters is 2. The van der Waals surface area contributed by atoms with Gasteiger partial charge in [0.1, 0.15) is 41.4 Å². The number of carbonyl (C=O) groups is 3. The maximum Gasteiger partial charge on any atom is 0.509 e. The molecular formula is C32H49N6O11P. The van der Waals surface area contributed by atoms with E-state index in [9.17, 15) is 18.9 Å². The molecule has 3 aliphatic heterocycles. The third-order valence-electron chi connectivity index (χ3n) is 9.73. The van der Waals surface area contributed by atoms with Crippen LogP contribution in [0.1, 0.15) is 90.6 Å². The van der Waals surface area contributed by atoms with Crippen molar-refractivity contribution in [3.05, 3.63) is 17.7 Å². The zero-order valence-electron chi connectivity index (χ0n) is 30.0. The van der Waals surface area contributed by atoms with Crippen molar-refractivity contribution in [1.82, 2.24) is 19.7 Å². The fourth-order valence-electron chi connectivity index (χ4n) is 7.47. The van der Waals surface area contributed by atoms with E-state index < -0.39 is 67.3 Å². The lowest BCUT2D eigenvalue weighted by Crippen LogP contribution is -2.46. The second-order valence-electron chi connectivity index (χ2n) is 14.3. The van der Waals surface area contributed by atoms with E-state index >= 15 is 0 Å². The van der Waals surface area contributed by atoms with Crippen molar-refractivity contribution in [3.63, 3.8) is 0 Å². The van der Waals surface area contributed by atoms with Crippen molar-refractivity contribution in [2.45, 2.75) is 115 Å². The highest BCUT2D eigenvalue weighted by atomic mass is 31.2. The number of fused-ring (bicyclic) bond motifs is 1. The minimum Gasteiger partial charge on any atom is -0.479 e. The molecule has 17 nitrogen and oxygen atoms in total. The number of aliphatic imine (C=N–C) groups is 1. The van der Waals surface area contributed by atoms with Crippen LogP contribution in [0.25, 0.3) is 0 Å². The SMILES string of the molecule is COC(=O)C(CC(C)C)NP(=O)(NC(CC(C)C)C(=O)OC)OCC1OC2(C)C(n3cnc4c3C(C)CCC(=N)N=C4OC)C23OC(=O)OC13. The van der Waals surface area contributed by atoms with Gasteiger partial charge in [0.2, 0.25) is 11.5 Å². The van der Waals surface area contributed by atoms with Crippen LogP contribution in [0, 0.1) is 17.2 Å². The molecule has 3 N–H and O–H groups in total. The molecule has 1 spiro atoms. The monoisotopic (exact) mass is 724 g/mol. The minimum absolute atomic E-state index is 0.00731. The summed E-state index contributed by atoms with van der Waals surface area (Å²) in [6, 6.07) is -2.63. The molecule has 1 aliphatic carbocycles. The Morgan fingerprint density at radius 1 is 1.10 bits per heavy atom. The van der Waals surface area contributed by atoms with Crippen LogP contribution in [0.2, 0.25) is 0 Å². The number of ether oxygens (including phenoxy) is 6. The Morgan fingerprint density at radius 2 is 1.70 bits per heavy atom. The maximum absolute atomic E-state index is 14.6. The van der Waals surface area contributed by atoms with Gasteiger partial charge in [0.25, 0.3) is 0 Å². The van der Waals surface area contributed by atoms with Crippen LogP contribution in [0.4, 0.5) is 4.79 Å².